The van der Waals surface area contributed by atoms with E-state index in [1.54, 1.807) is 13.0 Å². The summed E-state index contributed by atoms with van der Waals surface area (Å²) in [6, 6.07) is 6.97. The number of sulfone groups is 1. The molecule has 0 bridgehead atoms. The quantitative estimate of drug-likeness (QED) is 0.244. The third kappa shape index (κ3) is 4.95. The van der Waals surface area contributed by atoms with Gasteiger partial charge in [-0.1, -0.05) is 11.6 Å². The third-order valence-electron chi connectivity index (χ3n) is 6.70. The molecule has 0 saturated carbocycles. The summed E-state index contributed by atoms with van der Waals surface area (Å²) in [6.07, 6.45) is 3.07. The number of esters is 1. The number of benzene rings is 1. The van der Waals surface area contributed by atoms with Crippen LogP contribution >= 0.6 is 11.6 Å². The average Bonchev–Trinajstić information content (AvgIpc) is 3.61. The van der Waals surface area contributed by atoms with Crippen molar-refractivity contribution in [2.75, 3.05) is 24.9 Å². The van der Waals surface area contributed by atoms with E-state index in [0.717, 1.165) is 11.4 Å². The van der Waals surface area contributed by atoms with Crippen LogP contribution in [-0.4, -0.2) is 59.4 Å². The van der Waals surface area contributed by atoms with Gasteiger partial charge in [0.15, 0.2) is 27.9 Å². The van der Waals surface area contributed by atoms with Gasteiger partial charge in [0.2, 0.25) is 12.6 Å². The molecule has 0 N–H and O–H groups in total. The van der Waals surface area contributed by atoms with Crippen molar-refractivity contribution >= 4 is 39.3 Å². The van der Waals surface area contributed by atoms with Crippen molar-refractivity contribution < 1.29 is 32.2 Å². The van der Waals surface area contributed by atoms with E-state index in [4.69, 9.17) is 25.8 Å². The molecule has 3 aromatic rings. The first-order valence-corrected chi connectivity index (χ1v) is 14.2. The molecule has 0 spiro atoms. The Labute approximate surface area is 224 Å². The standard InChI is InChI=1S/C26H26ClN3O7S/c1-15-10-21(17(3)29(15)18-4-6-23-24(11-18)37-14-36-23)22(31)12-35-25(32)7-5-20-16(2)28-30(26(20)27)19-8-9-38(33,34)13-19/h4-7,10-11,19H,8-9,12-14H2,1-3H3/b7-5+. The number of fused-ring (bicyclic) bond motifs is 1. The summed E-state index contributed by atoms with van der Waals surface area (Å²) in [5.74, 6) is 0.333. The third-order valence-corrected chi connectivity index (χ3v) is 8.83. The highest BCUT2D eigenvalue weighted by Gasteiger charge is 2.32. The summed E-state index contributed by atoms with van der Waals surface area (Å²) in [5, 5.41) is 4.61. The second-order valence-electron chi connectivity index (χ2n) is 9.31. The van der Waals surface area contributed by atoms with Gasteiger partial charge in [0.25, 0.3) is 0 Å². The molecule has 1 atom stereocenters. The normalized spacial score (nSPS) is 17.8. The van der Waals surface area contributed by atoms with Crippen molar-refractivity contribution in [3.63, 3.8) is 0 Å². The van der Waals surface area contributed by atoms with E-state index < -0.39 is 22.4 Å². The Hall–Kier alpha value is -3.57. The van der Waals surface area contributed by atoms with E-state index in [-0.39, 0.29) is 35.3 Å². The van der Waals surface area contributed by atoms with E-state index in [2.05, 4.69) is 5.10 Å². The first-order valence-electron chi connectivity index (χ1n) is 12.0. The van der Waals surface area contributed by atoms with Gasteiger partial charge in [0.1, 0.15) is 5.15 Å². The Balaban J connectivity index is 1.24. The molecule has 12 heteroatoms. The number of hydrogen-bond donors (Lipinski definition) is 0. The van der Waals surface area contributed by atoms with Crippen molar-refractivity contribution in [3.8, 4) is 17.2 Å². The largest absolute Gasteiger partial charge is 0.454 e. The van der Waals surface area contributed by atoms with Crippen LogP contribution in [0.1, 0.15) is 45.5 Å². The zero-order valence-electron chi connectivity index (χ0n) is 21.1. The van der Waals surface area contributed by atoms with Gasteiger partial charge in [0.05, 0.1) is 23.2 Å². The van der Waals surface area contributed by atoms with Crippen LogP contribution in [0.15, 0.2) is 30.3 Å². The van der Waals surface area contributed by atoms with Crippen LogP contribution in [0.5, 0.6) is 11.5 Å². The fourth-order valence-corrected chi connectivity index (χ4v) is 6.88. The molecule has 1 saturated heterocycles. The van der Waals surface area contributed by atoms with E-state index in [1.807, 2.05) is 36.6 Å². The molecule has 200 valence electrons. The minimum absolute atomic E-state index is 0.0174. The Morgan fingerprint density at radius 1 is 1.18 bits per heavy atom. The summed E-state index contributed by atoms with van der Waals surface area (Å²) in [6.45, 7) is 5.17. The number of hydrogen-bond acceptors (Lipinski definition) is 8. The van der Waals surface area contributed by atoms with Crippen molar-refractivity contribution in [2.24, 2.45) is 0 Å². The Bertz CT molecular complexity index is 1590. The topological polar surface area (TPSA) is 119 Å². The van der Waals surface area contributed by atoms with Crippen LogP contribution in [0.25, 0.3) is 11.8 Å². The lowest BCUT2D eigenvalue weighted by molar-refractivity contribution is -0.136. The Kier molecular flexibility index (Phi) is 6.83. The molecule has 38 heavy (non-hydrogen) atoms. The molecule has 0 aliphatic carbocycles. The summed E-state index contributed by atoms with van der Waals surface area (Å²) in [7, 11) is -3.11. The van der Waals surface area contributed by atoms with Gasteiger partial charge in [-0.05, 0) is 51.5 Å². The highest BCUT2D eigenvalue weighted by atomic mass is 35.5. The van der Waals surface area contributed by atoms with Crippen LogP contribution in [0, 0.1) is 20.8 Å². The molecule has 2 aromatic heterocycles. The molecule has 0 radical (unpaired) electrons. The number of aromatic nitrogens is 3. The molecule has 2 aliphatic heterocycles. The number of aryl methyl sites for hydroxylation is 2. The van der Waals surface area contributed by atoms with Gasteiger partial charge < -0.3 is 18.8 Å². The summed E-state index contributed by atoms with van der Waals surface area (Å²) < 4.78 is 43.1. The summed E-state index contributed by atoms with van der Waals surface area (Å²) in [4.78, 5) is 25.3. The number of nitrogens with zero attached hydrogens (tertiary/aromatic N) is 3. The predicted octanol–water partition coefficient (Wildman–Crippen LogP) is 3.78. The van der Waals surface area contributed by atoms with Gasteiger partial charge in [-0.3, -0.25) is 4.79 Å². The van der Waals surface area contributed by atoms with Gasteiger partial charge in [-0.25, -0.2) is 17.9 Å². The molecular formula is C26H26ClN3O7S. The second kappa shape index (κ2) is 9.95. The number of halogens is 1. The van der Waals surface area contributed by atoms with Crippen LogP contribution in [0.4, 0.5) is 0 Å². The molecule has 1 aromatic carbocycles. The van der Waals surface area contributed by atoms with Crippen LogP contribution in [0.3, 0.4) is 0 Å². The van der Waals surface area contributed by atoms with Gasteiger partial charge in [-0.2, -0.15) is 5.10 Å². The highest BCUT2D eigenvalue weighted by molar-refractivity contribution is 7.91. The molecule has 4 heterocycles. The fraction of sp³-hybridized carbons (Fsp3) is 0.346. The Morgan fingerprint density at radius 2 is 1.95 bits per heavy atom. The van der Waals surface area contributed by atoms with Crippen LogP contribution < -0.4 is 9.47 Å². The number of carbonyl (C=O) groups excluding carboxylic acids is 2. The maximum Gasteiger partial charge on any atom is 0.331 e. The predicted molar refractivity (Wildman–Crippen MR) is 140 cm³/mol. The maximum atomic E-state index is 12.9. The first kappa shape index (κ1) is 26.1. The highest BCUT2D eigenvalue weighted by Crippen LogP contribution is 2.35. The monoisotopic (exact) mass is 559 g/mol. The lowest BCUT2D eigenvalue weighted by atomic mass is 10.1. The molecule has 2 aliphatic rings. The lowest BCUT2D eigenvalue weighted by Gasteiger charge is -2.10. The number of ether oxygens (including phenoxy) is 3. The van der Waals surface area contributed by atoms with Crippen molar-refractivity contribution in [2.45, 2.75) is 33.2 Å². The summed E-state index contributed by atoms with van der Waals surface area (Å²) >= 11 is 6.44. The second-order valence-corrected chi connectivity index (χ2v) is 11.9. The van der Waals surface area contributed by atoms with Crippen LogP contribution in [0.2, 0.25) is 5.15 Å². The minimum atomic E-state index is -3.11. The van der Waals surface area contributed by atoms with Crippen molar-refractivity contribution in [1.29, 1.82) is 0 Å². The Morgan fingerprint density at radius 3 is 2.68 bits per heavy atom. The SMILES string of the molecule is Cc1nn(C2CCS(=O)(=O)C2)c(Cl)c1/C=C/C(=O)OCC(=O)c1cc(C)n(-c2ccc3c(c2)OCO3)c1C. The van der Waals surface area contributed by atoms with E-state index in [9.17, 15) is 18.0 Å². The number of carbonyl (C=O) groups is 2. The first-order chi connectivity index (χ1) is 18.0. The van der Waals surface area contributed by atoms with Crippen LogP contribution in [-0.2, 0) is 19.4 Å². The average molecular weight is 560 g/mol. The number of rotatable bonds is 7. The molecule has 1 unspecified atom stereocenters. The smallest absolute Gasteiger partial charge is 0.331 e. The maximum absolute atomic E-state index is 12.9. The van der Waals surface area contributed by atoms with Gasteiger partial charge >= 0.3 is 5.97 Å². The number of Topliss-reactive ketones (excluding diaryl/α,β-unsaturated/α-hetero) is 1. The molecule has 10 nitrogen and oxygen atoms in total. The molecule has 1 fully saturated rings. The van der Waals surface area contributed by atoms with E-state index in [0.29, 0.717) is 40.4 Å². The van der Waals surface area contributed by atoms with Crippen molar-refractivity contribution in [1.82, 2.24) is 14.3 Å². The van der Waals surface area contributed by atoms with E-state index in [1.165, 1.54) is 16.8 Å². The van der Waals surface area contributed by atoms with E-state index >= 15 is 0 Å². The van der Waals surface area contributed by atoms with Gasteiger partial charge in [-0.15, -0.1) is 0 Å². The zero-order valence-corrected chi connectivity index (χ0v) is 22.6. The van der Waals surface area contributed by atoms with Gasteiger partial charge in [0, 0.05) is 40.3 Å². The molecule has 0 amide bonds. The number of ketones is 1. The fourth-order valence-electron chi connectivity index (χ4n) is 4.81. The lowest BCUT2D eigenvalue weighted by Crippen LogP contribution is -2.13. The summed E-state index contributed by atoms with van der Waals surface area (Å²) in [5.41, 5.74) is 3.87. The zero-order chi connectivity index (χ0) is 27.2. The minimum Gasteiger partial charge on any atom is -0.454 e. The molecular weight excluding hydrogens is 534 g/mol. The molecule has 5 rings (SSSR count). The van der Waals surface area contributed by atoms with Crippen molar-refractivity contribution in [3.05, 3.63) is 63.7 Å².